The first-order chi connectivity index (χ1) is 8.49. The molecule has 2 rings (SSSR count). The van der Waals surface area contributed by atoms with Crippen LogP contribution in [0.25, 0.3) is 0 Å². The third-order valence-electron chi connectivity index (χ3n) is 3.51. The Morgan fingerprint density at radius 2 is 2.22 bits per heavy atom. The van der Waals surface area contributed by atoms with Gasteiger partial charge < -0.3 is 4.90 Å². The highest BCUT2D eigenvalue weighted by molar-refractivity contribution is 5.76. The first-order valence-electron chi connectivity index (χ1n) is 6.04. The standard InChI is InChI=1S/C12H17N3O3/c1-8(9-3-4-9)14(2)11(17)7-15-6-5-10(16)13-12(15)18/h5-6,8-9H,3-4,7H2,1-2H3,(H,13,16,18)/t8-/m0/s1. The molecule has 0 spiro atoms. The number of carbonyl (C=O) groups is 1. The predicted octanol–water partition coefficient (Wildman–Crippen LogP) is -0.206. The largest absolute Gasteiger partial charge is 0.341 e. The van der Waals surface area contributed by atoms with Gasteiger partial charge in [0.15, 0.2) is 0 Å². The molecule has 0 aliphatic heterocycles. The van der Waals surface area contributed by atoms with Crippen LogP contribution in [-0.2, 0) is 11.3 Å². The molecule has 98 valence electrons. The van der Waals surface area contributed by atoms with Gasteiger partial charge in [0.1, 0.15) is 6.54 Å². The van der Waals surface area contributed by atoms with Gasteiger partial charge >= 0.3 is 5.69 Å². The lowest BCUT2D eigenvalue weighted by Crippen LogP contribution is -2.41. The van der Waals surface area contributed by atoms with Crippen LogP contribution in [0.4, 0.5) is 0 Å². The molecule has 1 aromatic rings. The van der Waals surface area contributed by atoms with Crippen molar-refractivity contribution in [1.82, 2.24) is 14.5 Å². The number of H-pyrrole nitrogens is 1. The molecule has 1 aliphatic carbocycles. The highest BCUT2D eigenvalue weighted by atomic mass is 16.2. The summed E-state index contributed by atoms with van der Waals surface area (Å²) < 4.78 is 1.21. The Balaban J connectivity index is 2.06. The van der Waals surface area contributed by atoms with Gasteiger partial charge in [0.2, 0.25) is 5.91 Å². The molecule has 1 aliphatic rings. The third-order valence-corrected chi connectivity index (χ3v) is 3.51. The highest BCUT2D eigenvalue weighted by Gasteiger charge is 2.32. The van der Waals surface area contributed by atoms with E-state index < -0.39 is 11.2 Å². The SMILES string of the molecule is C[C@@H](C1CC1)N(C)C(=O)Cn1ccc(=O)[nH]c1=O. The Labute approximate surface area is 104 Å². The van der Waals surface area contributed by atoms with Crippen molar-refractivity contribution in [3.8, 4) is 0 Å². The first-order valence-corrected chi connectivity index (χ1v) is 6.04. The quantitative estimate of drug-likeness (QED) is 0.804. The third kappa shape index (κ3) is 2.69. The molecule has 6 nitrogen and oxygen atoms in total. The molecule has 1 aromatic heterocycles. The lowest BCUT2D eigenvalue weighted by atomic mass is 10.2. The van der Waals surface area contributed by atoms with Crippen molar-refractivity contribution in [3.05, 3.63) is 33.1 Å². The number of nitrogens with zero attached hydrogens (tertiary/aromatic N) is 2. The van der Waals surface area contributed by atoms with Gasteiger partial charge in [-0.05, 0) is 25.7 Å². The van der Waals surface area contributed by atoms with E-state index in [2.05, 4.69) is 4.98 Å². The molecule has 0 radical (unpaired) electrons. The van der Waals surface area contributed by atoms with E-state index in [1.807, 2.05) is 6.92 Å². The predicted molar refractivity (Wildman–Crippen MR) is 66.3 cm³/mol. The number of rotatable bonds is 4. The molecule has 1 atom stereocenters. The average molecular weight is 251 g/mol. The monoisotopic (exact) mass is 251 g/mol. The molecule has 0 saturated heterocycles. The fourth-order valence-corrected chi connectivity index (χ4v) is 1.95. The Hall–Kier alpha value is -1.85. The lowest BCUT2D eigenvalue weighted by molar-refractivity contribution is -0.132. The molecule has 18 heavy (non-hydrogen) atoms. The summed E-state index contributed by atoms with van der Waals surface area (Å²) in [5.74, 6) is 0.467. The van der Waals surface area contributed by atoms with Crippen LogP contribution < -0.4 is 11.2 Å². The molecule has 0 bridgehead atoms. The van der Waals surface area contributed by atoms with Gasteiger partial charge in [-0.25, -0.2) is 4.79 Å². The van der Waals surface area contributed by atoms with Gasteiger partial charge in [-0.15, -0.1) is 0 Å². The molecule has 0 unspecified atom stereocenters. The number of aromatic amines is 1. The summed E-state index contributed by atoms with van der Waals surface area (Å²) in [6, 6.07) is 1.44. The minimum atomic E-state index is -0.552. The summed E-state index contributed by atoms with van der Waals surface area (Å²) >= 11 is 0. The van der Waals surface area contributed by atoms with E-state index in [0.717, 1.165) is 12.8 Å². The van der Waals surface area contributed by atoms with E-state index in [1.165, 1.54) is 16.8 Å². The first kappa shape index (κ1) is 12.6. The molecule has 1 N–H and O–H groups in total. The second kappa shape index (κ2) is 4.80. The Morgan fingerprint density at radius 3 is 2.78 bits per heavy atom. The van der Waals surface area contributed by atoms with E-state index >= 15 is 0 Å². The zero-order valence-corrected chi connectivity index (χ0v) is 10.5. The normalized spacial score (nSPS) is 16.3. The van der Waals surface area contributed by atoms with E-state index in [4.69, 9.17) is 0 Å². The van der Waals surface area contributed by atoms with Crippen LogP contribution >= 0.6 is 0 Å². The number of aromatic nitrogens is 2. The van der Waals surface area contributed by atoms with E-state index in [9.17, 15) is 14.4 Å². The van der Waals surface area contributed by atoms with Crippen molar-refractivity contribution in [1.29, 1.82) is 0 Å². The van der Waals surface area contributed by atoms with Crippen molar-refractivity contribution >= 4 is 5.91 Å². The topological polar surface area (TPSA) is 75.2 Å². The van der Waals surface area contributed by atoms with Gasteiger partial charge in [0.25, 0.3) is 5.56 Å². The van der Waals surface area contributed by atoms with E-state index in [-0.39, 0.29) is 18.5 Å². The second-order valence-corrected chi connectivity index (χ2v) is 4.82. The van der Waals surface area contributed by atoms with E-state index in [0.29, 0.717) is 5.92 Å². The molecule has 1 fully saturated rings. The molecule has 6 heteroatoms. The zero-order chi connectivity index (χ0) is 13.3. The maximum absolute atomic E-state index is 12.0. The minimum absolute atomic E-state index is 0.0385. The maximum atomic E-state index is 12.0. The molecular formula is C12H17N3O3. The molecule has 1 saturated carbocycles. The Kier molecular flexibility index (Phi) is 3.36. The van der Waals surface area contributed by atoms with Crippen LogP contribution in [0.3, 0.4) is 0 Å². The molecule has 0 aromatic carbocycles. The van der Waals surface area contributed by atoms with Gasteiger partial charge in [-0.3, -0.25) is 19.1 Å². The van der Waals surface area contributed by atoms with Crippen LogP contribution in [-0.4, -0.2) is 33.4 Å². The lowest BCUT2D eigenvalue weighted by Gasteiger charge is -2.25. The summed E-state index contributed by atoms with van der Waals surface area (Å²) in [4.78, 5) is 38.2. The van der Waals surface area contributed by atoms with Crippen LogP contribution in [0.5, 0.6) is 0 Å². The van der Waals surface area contributed by atoms with Crippen molar-refractivity contribution in [2.75, 3.05) is 7.05 Å². The summed E-state index contributed by atoms with van der Waals surface area (Å²) in [7, 11) is 1.75. The molecule has 1 heterocycles. The van der Waals surface area contributed by atoms with Gasteiger partial charge in [0.05, 0.1) is 0 Å². The summed E-state index contributed by atoms with van der Waals surface area (Å²) in [6.45, 7) is 1.98. The smallest absolute Gasteiger partial charge is 0.328 e. The number of likely N-dealkylation sites (N-methyl/N-ethyl adjacent to an activating group) is 1. The number of amides is 1. The van der Waals surface area contributed by atoms with Crippen LogP contribution in [0.2, 0.25) is 0 Å². The van der Waals surface area contributed by atoms with Gasteiger partial charge in [-0.1, -0.05) is 0 Å². The number of hydrogen-bond donors (Lipinski definition) is 1. The Morgan fingerprint density at radius 1 is 1.56 bits per heavy atom. The van der Waals surface area contributed by atoms with Crippen molar-refractivity contribution < 1.29 is 4.79 Å². The van der Waals surface area contributed by atoms with Gasteiger partial charge in [-0.2, -0.15) is 0 Å². The fraction of sp³-hybridized carbons (Fsp3) is 0.583. The zero-order valence-electron chi connectivity index (χ0n) is 10.5. The molecule has 1 amide bonds. The number of hydrogen-bond acceptors (Lipinski definition) is 3. The van der Waals surface area contributed by atoms with Crippen LogP contribution in [0.1, 0.15) is 19.8 Å². The van der Waals surface area contributed by atoms with Crippen LogP contribution in [0.15, 0.2) is 21.9 Å². The Bertz CT molecular complexity index is 556. The van der Waals surface area contributed by atoms with Gasteiger partial charge in [0, 0.05) is 25.4 Å². The minimum Gasteiger partial charge on any atom is -0.341 e. The fourth-order valence-electron chi connectivity index (χ4n) is 1.95. The average Bonchev–Trinajstić information content (AvgIpc) is 3.14. The molecular weight excluding hydrogens is 234 g/mol. The maximum Gasteiger partial charge on any atom is 0.328 e. The highest BCUT2D eigenvalue weighted by Crippen LogP contribution is 2.34. The van der Waals surface area contributed by atoms with Crippen molar-refractivity contribution in [3.63, 3.8) is 0 Å². The summed E-state index contributed by atoms with van der Waals surface area (Å²) in [5.41, 5.74) is -1.01. The number of carbonyl (C=O) groups excluding carboxylic acids is 1. The van der Waals surface area contributed by atoms with E-state index in [1.54, 1.807) is 11.9 Å². The second-order valence-electron chi connectivity index (χ2n) is 4.82. The van der Waals surface area contributed by atoms with Crippen LogP contribution in [0, 0.1) is 5.92 Å². The number of nitrogens with one attached hydrogen (secondary N) is 1. The summed E-state index contributed by atoms with van der Waals surface area (Å²) in [5, 5.41) is 0. The van der Waals surface area contributed by atoms with Crippen molar-refractivity contribution in [2.24, 2.45) is 5.92 Å². The summed E-state index contributed by atoms with van der Waals surface area (Å²) in [6.07, 6.45) is 3.67. The van der Waals surface area contributed by atoms with Crippen molar-refractivity contribution in [2.45, 2.75) is 32.4 Å².